The first-order valence-electron chi connectivity index (χ1n) is 8.09. The lowest BCUT2D eigenvalue weighted by atomic mass is 10.1. The van der Waals surface area contributed by atoms with Crippen molar-refractivity contribution in [3.8, 4) is 11.5 Å². The van der Waals surface area contributed by atoms with Crippen LogP contribution >= 0.6 is 23.2 Å². The summed E-state index contributed by atoms with van der Waals surface area (Å²) in [4.78, 5) is 24.1. The number of carbonyl (C=O) groups is 2. The van der Waals surface area contributed by atoms with Gasteiger partial charge in [-0.2, -0.15) is 0 Å². The zero-order chi connectivity index (χ0) is 20.0. The zero-order valence-electron chi connectivity index (χ0n) is 15.1. The molecule has 0 aromatic heterocycles. The van der Waals surface area contributed by atoms with Crippen molar-refractivity contribution in [2.75, 3.05) is 25.6 Å². The van der Waals surface area contributed by atoms with Gasteiger partial charge in [0.25, 0.3) is 5.91 Å². The number of nitrogens with one attached hydrogen (secondary N) is 1. The Kier molecular flexibility index (Phi) is 7.33. The average molecular weight is 412 g/mol. The highest BCUT2D eigenvalue weighted by molar-refractivity contribution is 6.34. The topological polar surface area (TPSA) is 73.9 Å². The number of ether oxygens (including phenoxy) is 3. The van der Waals surface area contributed by atoms with E-state index < -0.39 is 11.9 Å². The van der Waals surface area contributed by atoms with Crippen LogP contribution in [0.4, 0.5) is 5.69 Å². The molecule has 0 heterocycles. The summed E-state index contributed by atoms with van der Waals surface area (Å²) in [5.74, 6) is -0.189. The Morgan fingerprint density at radius 1 is 1.11 bits per heavy atom. The number of hydrogen-bond acceptors (Lipinski definition) is 5. The number of benzene rings is 2. The smallest absolute Gasteiger partial charge is 0.341 e. The quantitative estimate of drug-likeness (QED) is 0.678. The Bertz CT molecular complexity index is 854. The van der Waals surface area contributed by atoms with Crippen molar-refractivity contribution in [2.45, 2.75) is 13.8 Å². The zero-order valence-corrected chi connectivity index (χ0v) is 16.6. The molecule has 0 aliphatic carbocycles. The molecule has 0 fully saturated rings. The van der Waals surface area contributed by atoms with Crippen LogP contribution in [-0.4, -0.2) is 32.2 Å². The summed E-state index contributed by atoms with van der Waals surface area (Å²) in [7, 11) is 1.41. The van der Waals surface area contributed by atoms with Crippen LogP contribution in [0.15, 0.2) is 30.3 Å². The highest BCUT2D eigenvalue weighted by Crippen LogP contribution is 2.31. The second-order valence-electron chi connectivity index (χ2n) is 5.50. The molecule has 6 nitrogen and oxygen atoms in total. The normalized spacial score (nSPS) is 10.3. The maximum absolute atomic E-state index is 12.2. The first-order valence-corrected chi connectivity index (χ1v) is 8.84. The Morgan fingerprint density at radius 2 is 1.85 bits per heavy atom. The van der Waals surface area contributed by atoms with Gasteiger partial charge in [-0.15, -0.1) is 0 Å². The number of halogens is 2. The van der Waals surface area contributed by atoms with Crippen LogP contribution in [0.3, 0.4) is 0 Å². The molecule has 0 saturated carbocycles. The lowest BCUT2D eigenvalue weighted by Gasteiger charge is -2.13. The van der Waals surface area contributed by atoms with Gasteiger partial charge < -0.3 is 19.5 Å². The Hall–Kier alpha value is -2.44. The van der Waals surface area contributed by atoms with Crippen molar-refractivity contribution >= 4 is 40.8 Å². The van der Waals surface area contributed by atoms with E-state index in [2.05, 4.69) is 5.32 Å². The summed E-state index contributed by atoms with van der Waals surface area (Å²) in [5, 5.41) is 3.39. The third-order valence-corrected chi connectivity index (χ3v) is 4.10. The fourth-order valence-corrected chi connectivity index (χ4v) is 2.73. The van der Waals surface area contributed by atoms with Crippen molar-refractivity contribution < 1.29 is 23.8 Å². The average Bonchev–Trinajstić information content (AvgIpc) is 2.62. The van der Waals surface area contributed by atoms with Crippen LogP contribution in [0.25, 0.3) is 0 Å². The van der Waals surface area contributed by atoms with Gasteiger partial charge in [0.1, 0.15) is 17.1 Å². The van der Waals surface area contributed by atoms with Crippen LogP contribution in [0.5, 0.6) is 11.5 Å². The van der Waals surface area contributed by atoms with Crippen molar-refractivity contribution in [1.82, 2.24) is 0 Å². The van der Waals surface area contributed by atoms with E-state index >= 15 is 0 Å². The number of hydrogen-bond donors (Lipinski definition) is 1. The van der Waals surface area contributed by atoms with E-state index in [0.29, 0.717) is 16.5 Å². The number of anilines is 1. The molecule has 1 N–H and O–H groups in total. The van der Waals surface area contributed by atoms with E-state index in [-0.39, 0.29) is 29.5 Å². The fourth-order valence-electron chi connectivity index (χ4n) is 2.29. The minimum absolute atomic E-state index is 0.176. The number of amides is 1. The molecule has 144 valence electrons. The highest BCUT2D eigenvalue weighted by atomic mass is 35.5. The van der Waals surface area contributed by atoms with Crippen LogP contribution in [0, 0.1) is 6.92 Å². The Labute approximate surface area is 167 Å². The number of esters is 1. The highest BCUT2D eigenvalue weighted by Gasteiger charge is 2.18. The molecule has 27 heavy (non-hydrogen) atoms. The van der Waals surface area contributed by atoms with Gasteiger partial charge in [0.05, 0.1) is 24.4 Å². The molecule has 0 aliphatic rings. The summed E-state index contributed by atoms with van der Waals surface area (Å²) >= 11 is 12.1. The maximum Gasteiger partial charge on any atom is 0.341 e. The molecule has 0 atom stereocenters. The SMILES string of the molecule is CCOC(=O)c1cc(Cl)c(NC(=O)COc2ccc(Cl)cc2C)cc1OC. The largest absolute Gasteiger partial charge is 0.496 e. The molecule has 0 aliphatic heterocycles. The first-order chi connectivity index (χ1) is 12.8. The number of methoxy groups -OCH3 is 1. The predicted molar refractivity (Wildman–Crippen MR) is 104 cm³/mol. The molecule has 2 rings (SSSR count). The lowest BCUT2D eigenvalue weighted by Crippen LogP contribution is -2.21. The third-order valence-electron chi connectivity index (χ3n) is 3.55. The van der Waals surface area contributed by atoms with Crippen molar-refractivity contribution in [1.29, 1.82) is 0 Å². The number of carbonyl (C=O) groups excluding carboxylic acids is 2. The summed E-state index contributed by atoms with van der Waals surface area (Å²) in [6, 6.07) is 7.95. The Morgan fingerprint density at radius 3 is 2.48 bits per heavy atom. The monoisotopic (exact) mass is 411 g/mol. The van der Waals surface area contributed by atoms with E-state index in [1.54, 1.807) is 25.1 Å². The summed E-state index contributed by atoms with van der Waals surface area (Å²) in [5.41, 5.74) is 1.28. The van der Waals surface area contributed by atoms with Gasteiger partial charge in [0, 0.05) is 11.1 Å². The van der Waals surface area contributed by atoms with Crippen molar-refractivity contribution in [2.24, 2.45) is 0 Å². The minimum atomic E-state index is -0.560. The second kappa shape index (κ2) is 9.48. The predicted octanol–water partition coefficient (Wildman–Crippen LogP) is 4.50. The Balaban J connectivity index is 2.09. The molecule has 0 spiro atoms. The molecule has 2 aromatic carbocycles. The molecule has 1 amide bonds. The molecule has 0 radical (unpaired) electrons. The third kappa shape index (κ3) is 5.52. The van der Waals surface area contributed by atoms with E-state index in [9.17, 15) is 9.59 Å². The van der Waals surface area contributed by atoms with E-state index in [0.717, 1.165) is 5.56 Å². The summed E-state index contributed by atoms with van der Waals surface area (Å²) in [6.45, 7) is 3.53. The minimum Gasteiger partial charge on any atom is -0.496 e. The lowest BCUT2D eigenvalue weighted by molar-refractivity contribution is -0.118. The molecule has 0 saturated heterocycles. The van der Waals surface area contributed by atoms with E-state index in [4.69, 9.17) is 37.4 Å². The molecular weight excluding hydrogens is 393 g/mol. The van der Waals surface area contributed by atoms with E-state index in [1.165, 1.54) is 19.2 Å². The molecule has 2 aromatic rings. The first kappa shape index (κ1) is 20.9. The molecule has 8 heteroatoms. The van der Waals surface area contributed by atoms with Gasteiger partial charge >= 0.3 is 5.97 Å². The molecule has 0 unspecified atom stereocenters. The standard InChI is InChI=1S/C19H19Cl2NO5/c1-4-26-19(24)13-8-14(21)15(9-17(13)25-3)22-18(23)10-27-16-6-5-12(20)7-11(16)2/h5-9H,4,10H2,1-3H3,(H,22,23). The molecular formula is C19H19Cl2NO5. The molecule has 0 bridgehead atoms. The summed E-state index contributed by atoms with van der Waals surface area (Å²) < 4.78 is 15.6. The van der Waals surface area contributed by atoms with E-state index in [1.807, 2.05) is 6.92 Å². The van der Waals surface area contributed by atoms with Gasteiger partial charge in [-0.3, -0.25) is 4.79 Å². The van der Waals surface area contributed by atoms with Gasteiger partial charge in [-0.1, -0.05) is 23.2 Å². The van der Waals surface area contributed by atoms with Gasteiger partial charge in [0.2, 0.25) is 0 Å². The van der Waals surface area contributed by atoms with Gasteiger partial charge in [-0.25, -0.2) is 4.79 Å². The van der Waals surface area contributed by atoms with Gasteiger partial charge in [-0.05, 0) is 43.7 Å². The number of aryl methyl sites for hydroxylation is 1. The number of rotatable bonds is 7. The van der Waals surface area contributed by atoms with Crippen LogP contribution in [-0.2, 0) is 9.53 Å². The van der Waals surface area contributed by atoms with Crippen LogP contribution < -0.4 is 14.8 Å². The second-order valence-corrected chi connectivity index (χ2v) is 6.34. The van der Waals surface area contributed by atoms with Crippen molar-refractivity contribution in [3.63, 3.8) is 0 Å². The van der Waals surface area contributed by atoms with Crippen LogP contribution in [0.1, 0.15) is 22.8 Å². The van der Waals surface area contributed by atoms with Crippen LogP contribution in [0.2, 0.25) is 10.0 Å². The van der Waals surface area contributed by atoms with Gasteiger partial charge in [0.15, 0.2) is 6.61 Å². The van der Waals surface area contributed by atoms with Crippen molar-refractivity contribution in [3.05, 3.63) is 51.5 Å². The fraction of sp³-hybridized carbons (Fsp3) is 0.263. The summed E-state index contributed by atoms with van der Waals surface area (Å²) in [6.07, 6.45) is 0. The maximum atomic E-state index is 12.2.